The lowest BCUT2D eigenvalue weighted by molar-refractivity contribution is -0.0350. The Kier molecular flexibility index (Phi) is 5.94. The summed E-state index contributed by atoms with van der Waals surface area (Å²) in [6, 6.07) is 4.13. The van der Waals surface area contributed by atoms with E-state index in [0.29, 0.717) is 6.61 Å². The zero-order valence-electron chi connectivity index (χ0n) is 17.5. The van der Waals surface area contributed by atoms with Gasteiger partial charge in [-0.15, -0.1) is 11.3 Å². The van der Waals surface area contributed by atoms with Gasteiger partial charge in [-0.3, -0.25) is 14.6 Å². The maximum absolute atomic E-state index is 6.09. The van der Waals surface area contributed by atoms with Crippen LogP contribution in [0.5, 0.6) is 0 Å². The fraction of sp³-hybridized carbons (Fsp3) is 0.476. The first-order chi connectivity index (χ1) is 14.0. The van der Waals surface area contributed by atoms with E-state index in [4.69, 9.17) is 9.72 Å². The molecular formula is C21H28N6OS. The van der Waals surface area contributed by atoms with Crippen molar-refractivity contribution in [2.24, 2.45) is 0 Å². The van der Waals surface area contributed by atoms with Crippen molar-refractivity contribution in [3.05, 3.63) is 52.0 Å². The summed E-state index contributed by atoms with van der Waals surface area (Å²) in [4.78, 5) is 12.8. The molecule has 154 valence electrons. The predicted octanol–water partition coefficient (Wildman–Crippen LogP) is 4.00. The first kappa shape index (κ1) is 20.0. The van der Waals surface area contributed by atoms with Crippen molar-refractivity contribution in [1.82, 2.24) is 24.6 Å². The van der Waals surface area contributed by atoms with Gasteiger partial charge in [0.25, 0.3) is 0 Å². The van der Waals surface area contributed by atoms with Crippen LogP contribution >= 0.6 is 11.3 Å². The van der Waals surface area contributed by atoms with E-state index >= 15 is 0 Å². The SMILES string of the molecule is CCn1cc(CN2CCO[C@H](c3cc(Nc4ncc(C)s4)cc(C)n3)C2)c(C)n1. The van der Waals surface area contributed by atoms with E-state index in [1.165, 1.54) is 10.4 Å². The zero-order valence-corrected chi connectivity index (χ0v) is 18.3. The van der Waals surface area contributed by atoms with E-state index in [-0.39, 0.29) is 6.10 Å². The Labute approximate surface area is 175 Å². The zero-order chi connectivity index (χ0) is 20.4. The molecule has 0 aliphatic carbocycles. The summed E-state index contributed by atoms with van der Waals surface area (Å²) in [5.74, 6) is 0. The number of ether oxygens (including phenoxy) is 1. The topological polar surface area (TPSA) is 68.1 Å². The normalized spacial score (nSPS) is 17.6. The summed E-state index contributed by atoms with van der Waals surface area (Å²) in [6.07, 6.45) is 4.00. The number of hydrogen-bond acceptors (Lipinski definition) is 7. The van der Waals surface area contributed by atoms with Crippen LogP contribution in [0, 0.1) is 20.8 Å². The van der Waals surface area contributed by atoms with Gasteiger partial charge in [0.15, 0.2) is 5.13 Å². The third-order valence-electron chi connectivity index (χ3n) is 5.09. The van der Waals surface area contributed by atoms with E-state index < -0.39 is 0 Å². The van der Waals surface area contributed by atoms with Gasteiger partial charge >= 0.3 is 0 Å². The molecule has 8 heteroatoms. The van der Waals surface area contributed by atoms with Crippen molar-refractivity contribution in [1.29, 1.82) is 0 Å². The highest BCUT2D eigenvalue weighted by Gasteiger charge is 2.24. The molecule has 1 aliphatic heterocycles. The molecule has 4 heterocycles. The number of nitrogens with one attached hydrogen (secondary N) is 1. The molecule has 4 rings (SSSR count). The summed E-state index contributed by atoms with van der Waals surface area (Å²) in [6.45, 7) is 12.5. The van der Waals surface area contributed by atoms with E-state index in [2.05, 4.69) is 53.3 Å². The molecular weight excluding hydrogens is 384 g/mol. The maximum atomic E-state index is 6.09. The molecule has 1 N–H and O–H groups in total. The molecule has 1 aliphatic rings. The molecule has 0 unspecified atom stereocenters. The lowest BCUT2D eigenvalue weighted by Gasteiger charge is -2.32. The smallest absolute Gasteiger partial charge is 0.187 e. The summed E-state index contributed by atoms with van der Waals surface area (Å²) in [7, 11) is 0. The van der Waals surface area contributed by atoms with Crippen LogP contribution in [0.2, 0.25) is 0 Å². The number of nitrogens with zero attached hydrogens (tertiary/aromatic N) is 5. The lowest BCUT2D eigenvalue weighted by Crippen LogP contribution is -2.38. The number of pyridine rings is 1. The van der Waals surface area contributed by atoms with Crippen LogP contribution in [0.1, 0.15) is 40.6 Å². The van der Waals surface area contributed by atoms with Crippen molar-refractivity contribution in [2.75, 3.05) is 25.0 Å². The van der Waals surface area contributed by atoms with Gasteiger partial charge in [0.05, 0.1) is 18.0 Å². The van der Waals surface area contributed by atoms with Gasteiger partial charge in [-0.05, 0) is 39.8 Å². The fourth-order valence-electron chi connectivity index (χ4n) is 3.61. The number of thiazole rings is 1. The minimum atomic E-state index is -0.0382. The van der Waals surface area contributed by atoms with Crippen LogP contribution in [0.3, 0.4) is 0 Å². The molecule has 0 saturated carbocycles. The maximum Gasteiger partial charge on any atom is 0.187 e. The molecule has 1 fully saturated rings. The number of anilines is 2. The largest absolute Gasteiger partial charge is 0.369 e. The minimum absolute atomic E-state index is 0.0382. The van der Waals surface area contributed by atoms with E-state index in [0.717, 1.165) is 54.1 Å². The number of aromatic nitrogens is 4. The Hall–Kier alpha value is -2.29. The molecule has 0 aromatic carbocycles. The Morgan fingerprint density at radius 2 is 2.14 bits per heavy atom. The van der Waals surface area contributed by atoms with Crippen LogP contribution < -0.4 is 5.32 Å². The molecule has 29 heavy (non-hydrogen) atoms. The summed E-state index contributed by atoms with van der Waals surface area (Å²) < 4.78 is 8.09. The first-order valence-electron chi connectivity index (χ1n) is 10.0. The second-order valence-electron chi connectivity index (χ2n) is 7.51. The second-order valence-corrected chi connectivity index (χ2v) is 8.75. The van der Waals surface area contributed by atoms with Gasteiger partial charge < -0.3 is 10.1 Å². The van der Waals surface area contributed by atoms with Crippen molar-refractivity contribution in [2.45, 2.75) is 46.9 Å². The van der Waals surface area contributed by atoms with Gasteiger partial charge in [0, 0.05) is 60.4 Å². The van der Waals surface area contributed by atoms with Gasteiger partial charge in [-0.2, -0.15) is 5.10 Å². The van der Waals surface area contributed by atoms with Crippen LogP contribution in [-0.4, -0.2) is 44.3 Å². The van der Waals surface area contributed by atoms with E-state index in [9.17, 15) is 0 Å². The fourth-order valence-corrected chi connectivity index (χ4v) is 4.29. The molecule has 0 amide bonds. The van der Waals surface area contributed by atoms with Crippen molar-refractivity contribution in [3.63, 3.8) is 0 Å². The highest BCUT2D eigenvalue weighted by atomic mass is 32.1. The monoisotopic (exact) mass is 412 g/mol. The Morgan fingerprint density at radius 1 is 1.28 bits per heavy atom. The number of rotatable bonds is 6. The van der Waals surface area contributed by atoms with Crippen LogP contribution in [0.25, 0.3) is 0 Å². The molecule has 7 nitrogen and oxygen atoms in total. The van der Waals surface area contributed by atoms with Crippen molar-refractivity contribution in [3.8, 4) is 0 Å². The van der Waals surface area contributed by atoms with Crippen LogP contribution in [0.15, 0.2) is 24.5 Å². The third kappa shape index (κ3) is 4.83. The highest BCUT2D eigenvalue weighted by Crippen LogP contribution is 2.27. The molecule has 0 spiro atoms. The third-order valence-corrected chi connectivity index (χ3v) is 5.92. The molecule has 1 saturated heterocycles. The summed E-state index contributed by atoms with van der Waals surface area (Å²) in [5, 5.41) is 8.87. The Bertz CT molecular complexity index is 981. The average molecular weight is 413 g/mol. The standard InChI is InChI=1S/C21H28N6OS/c1-5-27-12-17(16(4)25-27)11-26-6-7-28-20(13-26)19-9-18(8-14(2)23-19)24-21-22-10-15(3)29-21/h8-10,12,20H,5-7,11,13H2,1-4H3,(H,22,23,24)/t20-/m0/s1. The summed E-state index contributed by atoms with van der Waals surface area (Å²) in [5.41, 5.74) is 5.33. The van der Waals surface area contributed by atoms with E-state index in [1.54, 1.807) is 11.3 Å². The molecule has 0 bridgehead atoms. The number of aryl methyl sites for hydroxylation is 4. The number of hydrogen-bond donors (Lipinski definition) is 1. The van der Waals surface area contributed by atoms with Gasteiger partial charge in [0.1, 0.15) is 6.10 Å². The minimum Gasteiger partial charge on any atom is -0.369 e. The molecule has 1 atom stereocenters. The van der Waals surface area contributed by atoms with Crippen molar-refractivity contribution < 1.29 is 4.74 Å². The van der Waals surface area contributed by atoms with Gasteiger partial charge in [-0.1, -0.05) is 0 Å². The van der Waals surface area contributed by atoms with Crippen LogP contribution in [-0.2, 0) is 17.8 Å². The molecule has 0 radical (unpaired) electrons. The number of morpholine rings is 1. The predicted molar refractivity (Wildman–Crippen MR) is 116 cm³/mol. The molecule has 3 aromatic rings. The Morgan fingerprint density at radius 3 is 2.86 bits per heavy atom. The van der Waals surface area contributed by atoms with Gasteiger partial charge in [0.2, 0.25) is 0 Å². The van der Waals surface area contributed by atoms with Crippen LogP contribution in [0.4, 0.5) is 10.8 Å². The van der Waals surface area contributed by atoms with Crippen molar-refractivity contribution >= 4 is 22.2 Å². The second kappa shape index (κ2) is 8.61. The van der Waals surface area contributed by atoms with Gasteiger partial charge in [-0.25, -0.2) is 4.98 Å². The first-order valence-corrected chi connectivity index (χ1v) is 10.9. The highest BCUT2D eigenvalue weighted by molar-refractivity contribution is 7.15. The average Bonchev–Trinajstić information content (AvgIpc) is 3.26. The summed E-state index contributed by atoms with van der Waals surface area (Å²) >= 11 is 1.65. The van der Waals surface area contributed by atoms with E-state index in [1.807, 2.05) is 23.9 Å². The Balaban J connectivity index is 1.48. The lowest BCUT2D eigenvalue weighted by atomic mass is 10.1. The molecule has 3 aromatic heterocycles. The quantitative estimate of drug-likeness (QED) is 0.660.